The zero-order valence-electron chi connectivity index (χ0n) is 13.1. The molecular formula is C14H24N4O2S. The SMILES string of the molecule is Cc1cc(N(C)C2CCS(=O)(=O)C2)nc(NCC(C)C)n1. The Morgan fingerprint density at radius 3 is 2.71 bits per heavy atom. The van der Waals surface area contributed by atoms with Crippen LogP contribution in [0.3, 0.4) is 0 Å². The van der Waals surface area contributed by atoms with Crippen molar-refractivity contribution in [1.82, 2.24) is 9.97 Å². The quantitative estimate of drug-likeness (QED) is 0.887. The Hall–Kier alpha value is -1.37. The second-order valence-electron chi connectivity index (χ2n) is 6.13. The molecule has 0 spiro atoms. The zero-order valence-corrected chi connectivity index (χ0v) is 13.9. The molecule has 21 heavy (non-hydrogen) atoms. The van der Waals surface area contributed by atoms with E-state index in [-0.39, 0.29) is 17.5 Å². The van der Waals surface area contributed by atoms with Gasteiger partial charge in [0.05, 0.1) is 11.5 Å². The maximum absolute atomic E-state index is 11.6. The first-order valence-electron chi connectivity index (χ1n) is 7.29. The molecule has 1 aliphatic rings. The number of hydrogen-bond donors (Lipinski definition) is 1. The lowest BCUT2D eigenvalue weighted by Crippen LogP contribution is -2.33. The van der Waals surface area contributed by atoms with Gasteiger partial charge in [0, 0.05) is 31.4 Å². The molecule has 1 fully saturated rings. The van der Waals surface area contributed by atoms with E-state index in [9.17, 15) is 8.42 Å². The van der Waals surface area contributed by atoms with E-state index in [1.54, 1.807) is 0 Å². The Bertz CT molecular complexity index is 601. The lowest BCUT2D eigenvalue weighted by Gasteiger charge is -2.25. The molecule has 118 valence electrons. The Labute approximate surface area is 126 Å². The van der Waals surface area contributed by atoms with Gasteiger partial charge in [0.2, 0.25) is 5.95 Å². The van der Waals surface area contributed by atoms with Crippen LogP contribution >= 0.6 is 0 Å². The third-order valence-electron chi connectivity index (χ3n) is 3.63. The van der Waals surface area contributed by atoms with Gasteiger partial charge in [-0.15, -0.1) is 0 Å². The van der Waals surface area contributed by atoms with Gasteiger partial charge in [-0.05, 0) is 19.3 Å². The lowest BCUT2D eigenvalue weighted by molar-refractivity contribution is 0.600. The Kier molecular flexibility index (Phi) is 4.70. The van der Waals surface area contributed by atoms with E-state index in [0.29, 0.717) is 18.3 Å². The summed E-state index contributed by atoms with van der Waals surface area (Å²) < 4.78 is 23.2. The minimum atomic E-state index is -2.89. The van der Waals surface area contributed by atoms with Crippen LogP contribution < -0.4 is 10.2 Å². The van der Waals surface area contributed by atoms with Crippen molar-refractivity contribution in [2.24, 2.45) is 5.92 Å². The van der Waals surface area contributed by atoms with Crippen molar-refractivity contribution < 1.29 is 8.42 Å². The molecule has 1 atom stereocenters. The van der Waals surface area contributed by atoms with Gasteiger partial charge in [0.15, 0.2) is 9.84 Å². The summed E-state index contributed by atoms with van der Waals surface area (Å²) in [4.78, 5) is 10.8. The molecule has 2 heterocycles. The third kappa shape index (κ3) is 4.30. The van der Waals surface area contributed by atoms with E-state index in [4.69, 9.17) is 0 Å². The van der Waals surface area contributed by atoms with Crippen LogP contribution in [0.4, 0.5) is 11.8 Å². The highest BCUT2D eigenvalue weighted by atomic mass is 32.2. The fourth-order valence-corrected chi connectivity index (χ4v) is 4.15. The number of nitrogens with one attached hydrogen (secondary N) is 1. The van der Waals surface area contributed by atoms with Gasteiger partial charge in [-0.25, -0.2) is 13.4 Å². The van der Waals surface area contributed by atoms with Crippen molar-refractivity contribution in [2.75, 3.05) is 35.3 Å². The molecule has 6 nitrogen and oxygen atoms in total. The predicted molar refractivity (Wildman–Crippen MR) is 85.6 cm³/mol. The molecule has 7 heteroatoms. The van der Waals surface area contributed by atoms with Crippen LogP contribution in [0.15, 0.2) is 6.07 Å². The maximum Gasteiger partial charge on any atom is 0.224 e. The van der Waals surface area contributed by atoms with Gasteiger partial charge >= 0.3 is 0 Å². The van der Waals surface area contributed by atoms with E-state index < -0.39 is 9.84 Å². The molecule has 0 aromatic carbocycles. The average Bonchev–Trinajstić information content (AvgIpc) is 2.75. The highest BCUT2D eigenvalue weighted by molar-refractivity contribution is 7.91. The molecule has 2 rings (SSSR count). The molecule has 1 saturated heterocycles. The van der Waals surface area contributed by atoms with Gasteiger partial charge in [-0.3, -0.25) is 0 Å². The zero-order chi connectivity index (χ0) is 15.6. The number of nitrogens with zero attached hydrogens (tertiary/aromatic N) is 3. The fraction of sp³-hybridized carbons (Fsp3) is 0.714. The second kappa shape index (κ2) is 6.17. The maximum atomic E-state index is 11.6. The predicted octanol–water partition coefficient (Wildman–Crippen LogP) is 1.48. The molecule has 0 aliphatic carbocycles. The molecule has 1 unspecified atom stereocenters. The number of aryl methyl sites for hydroxylation is 1. The lowest BCUT2D eigenvalue weighted by atomic mass is 10.2. The first-order valence-corrected chi connectivity index (χ1v) is 9.12. The topological polar surface area (TPSA) is 75.2 Å². The Morgan fingerprint density at radius 2 is 2.14 bits per heavy atom. The van der Waals surface area contributed by atoms with Gasteiger partial charge in [-0.2, -0.15) is 4.98 Å². The number of hydrogen-bond acceptors (Lipinski definition) is 6. The van der Waals surface area contributed by atoms with Gasteiger partial charge in [0.25, 0.3) is 0 Å². The standard InChI is InChI=1S/C14H24N4O2S/c1-10(2)8-15-14-16-11(3)7-13(17-14)18(4)12-5-6-21(19,20)9-12/h7,10,12H,5-6,8-9H2,1-4H3,(H,15,16,17). The number of sulfone groups is 1. The first kappa shape index (κ1) is 16.0. The largest absolute Gasteiger partial charge is 0.355 e. The highest BCUT2D eigenvalue weighted by Gasteiger charge is 2.31. The van der Waals surface area contributed by atoms with Crippen LogP contribution in [0, 0.1) is 12.8 Å². The molecule has 0 bridgehead atoms. The molecule has 1 aromatic heterocycles. The molecule has 1 aromatic rings. The van der Waals surface area contributed by atoms with E-state index in [1.807, 2.05) is 24.9 Å². The van der Waals surface area contributed by atoms with Crippen LogP contribution in [-0.4, -0.2) is 49.5 Å². The Balaban J connectivity index is 2.15. The van der Waals surface area contributed by atoms with Crippen molar-refractivity contribution in [3.63, 3.8) is 0 Å². The van der Waals surface area contributed by atoms with Gasteiger partial charge in [-0.1, -0.05) is 13.8 Å². The van der Waals surface area contributed by atoms with Crippen molar-refractivity contribution in [3.05, 3.63) is 11.8 Å². The van der Waals surface area contributed by atoms with Crippen molar-refractivity contribution in [2.45, 2.75) is 33.2 Å². The van der Waals surface area contributed by atoms with E-state index >= 15 is 0 Å². The third-order valence-corrected chi connectivity index (χ3v) is 5.38. The normalized spacial score (nSPS) is 20.7. The summed E-state index contributed by atoms with van der Waals surface area (Å²) in [6.07, 6.45) is 0.663. The van der Waals surface area contributed by atoms with Crippen molar-refractivity contribution in [1.29, 1.82) is 0 Å². The summed E-state index contributed by atoms with van der Waals surface area (Å²) in [7, 11) is -0.989. The summed E-state index contributed by atoms with van der Waals surface area (Å²) in [6, 6.07) is 1.90. The first-order chi connectivity index (χ1) is 9.77. The minimum absolute atomic E-state index is 0.00208. The fourth-order valence-electron chi connectivity index (χ4n) is 2.37. The van der Waals surface area contributed by atoms with E-state index in [2.05, 4.69) is 29.1 Å². The minimum Gasteiger partial charge on any atom is -0.355 e. The van der Waals surface area contributed by atoms with Crippen LogP contribution in [0.1, 0.15) is 26.0 Å². The van der Waals surface area contributed by atoms with Crippen molar-refractivity contribution >= 4 is 21.6 Å². The van der Waals surface area contributed by atoms with Gasteiger partial charge < -0.3 is 10.2 Å². The number of anilines is 2. The average molecular weight is 312 g/mol. The summed E-state index contributed by atoms with van der Waals surface area (Å²) >= 11 is 0. The Morgan fingerprint density at radius 1 is 1.43 bits per heavy atom. The molecule has 0 amide bonds. The molecule has 1 N–H and O–H groups in total. The highest BCUT2D eigenvalue weighted by Crippen LogP contribution is 2.22. The second-order valence-corrected chi connectivity index (χ2v) is 8.36. The monoisotopic (exact) mass is 312 g/mol. The molecule has 0 radical (unpaired) electrons. The molecule has 0 saturated carbocycles. The summed E-state index contributed by atoms with van der Waals surface area (Å²) in [5, 5.41) is 3.22. The molecular weight excluding hydrogens is 288 g/mol. The number of aromatic nitrogens is 2. The summed E-state index contributed by atoms with van der Waals surface area (Å²) in [5.41, 5.74) is 0.874. The smallest absolute Gasteiger partial charge is 0.224 e. The van der Waals surface area contributed by atoms with Crippen molar-refractivity contribution in [3.8, 4) is 0 Å². The van der Waals surface area contributed by atoms with Crippen LogP contribution in [0.5, 0.6) is 0 Å². The van der Waals surface area contributed by atoms with Crippen LogP contribution in [-0.2, 0) is 9.84 Å². The number of rotatable bonds is 5. The van der Waals surface area contributed by atoms with Crippen LogP contribution in [0.2, 0.25) is 0 Å². The van der Waals surface area contributed by atoms with E-state index in [1.165, 1.54) is 0 Å². The van der Waals surface area contributed by atoms with Crippen LogP contribution in [0.25, 0.3) is 0 Å². The molecule has 1 aliphatic heterocycles. The summed E-state index contributed by atoms with van der Waals surface area (Å²) in [5.74, 6) is 2.36. The summed E-state index contributed by atoms with van der Waals surface area (Å²) in [6.45, 7) is 6.98. The van der Waals surface area contributed by atoms with E-state index in [0.717, 1.165) is 18.1 Å². The van der Waals surface area contributed by atoms with Gasteiger partial charge in [0.1, 0.15) is 5.82 Å².